The van der Waals surface area contributed by atoms with Gasteiger partial charge in [0.15, 0.2) is 0 Å². The summed E-state index contributed by atoms with van der Waals surface area (Å²) >= 11 is 0. The molecule has 0 aliphatic heterocycles. The highest BCUT2D eigenvalue weighted by Gasteiger charge is 2.11. The first-order valence-electron chi connectivity index (χ1n) is 8.37. The van der Waals surface area contributed by atoms with Gasteiger partial charge in [-0.25, -0.2) is 0 Å². The Kier molecular flexibility index (Phi) is 5.64. The van der Waals surface area contributed by atoms with Gasteiger partial charge in [-0.15, -0.1) is 0 Å². The molecule has 0 saturated carbocycles. The van der Waals surface area contributed by atoms with E-state index in [-0.39, 0.29) is 5.56 Å². The SMILES string of the molecule is CCCCn1cc(-c2ccc(C(C)C)c(OC)c2)cc(C)c1=O. The van der Waals surface area contributed by atoms with Crippen molar-refractivity contribution in [3.05, 3.63) is 51.9 Å². The Bertz CT molecular complexity index is 729. The summed E-state index contributed by atoms with van der Waals surface area (Å²) < 4.78 is 7.38. The number of ether oxygens (including phenoxy) is 1. The molecule has 3 nitrogen and oxygen atoms in total. The molecule has 1 heterocycles. The number of methoxy groups -OCH3 is 1. The van der Waals surface area contributed by atoms with Crippen LogP contribution in [0.3, 0.4) is 0 Å². The van der Waals surface area contributed by atoms with E-state index >= 15 is 0 Å². The standard InChI is InChI=1S/C20H27NO2/c1-6-7-10-21-13-17(11-15(4)20(21)22)16-8-9-18(14(2)3)19(12-16)23-5/h8-9,11-14H,6-7,10H2,1-5H3. The Labute approximate surface area is 138 Å². The molecule has 0 amide bonds. The van der Waals surface area contributed by atoms with Gasteiger partial charge in [-0.2, -0.15) is 0 Å². The molecule has 0 unspecified atom stereocenters. The number of benzene rings is 1. The fourth-order valence-corrected chi connectivity index (χ4v) is 2.81. The molecule has 0 radical (unpaired) electrons. The topological polar surface area (TPSA) is 31.2 Å². The summed E-state index contributed by atoms with van der Waals surface area (Å²) in [5.41, 5.74) is 4.23. The Morgan fingerprint density at radius 2 is 1.91 bits per heavy atom. The maximum atomic E-state index is 12.3. The molecule has 0 atom stereocenters. The van der Waals surface area contributed by atoms with Crippen molar-refractivity contribution in [2.75, 3.05) is 7.11 Å². The molecule has 0 aliphatic carbocycles. The number of unbranched alkanes of at least 4 members (excludes halogenated alkanes) is 1. The minimum atomic E-state index is 0.105. The van der Waals surface area contributed by atoms with Gasteiger partial charge in [-0.3, -0.25) is 4.79 Å². The first-order valence-corrected chi connectivity index (χ1v) is 8.37. The van der Waals surface area contributed by atoms with Crippen LogP contribution in [-0.2, 0) is 6.54 Å². The van der Waals surface area contributed by atoms with E-state index in [1.165, 1.54) is 5.56 Å². The van der Waals surface area contributed by atoms with Gasteiger partial charge in [0.25, 0.3) is 5.56 Å². The second kappa shape index (κ2) is 7.49. The van der Waals surface area contributed by atoms with Gasteiger partial charge in [0, 0.05) is 18.3 Å². The van der Waals surface area contributed by atoms with Crippen molar-refractivity contribution in [3.63, 3.8) is 0 Å². The van der Waals surface area contributed by atoms with Gasteiger partial charge in [0.1, 0.15) is 5.75 Å². The highest BCUT2D eigenvalue weighted by Crippen LogP contribution is 2.31. The number of pyridine rings is 1. The quantitative estimate of drug-likeness (QED) is 0.770. The zero-order chi connectivity index (χ0) is 17.0. The number of hydrogen-bond donors (Lipinski definition) is 0. The van der Waals surface area contributed by atoms with Crippen LogP contribution in [0.15, 0.2) is 35.3 Å². The summed E-state index contributed by atoms with van der Waals surface area (Å²) in [7, 11) is 1.71. The third-order valence-corrected chi connectivity index (χ3v) is 4.21. The van der Waals surface area contributed by atoms with E-state index in [4.69, 9.17) is 4.74 Å². The van der Waals surface area contributed by atoms with E-state index in [9.17, 15) is 4.79 Å². The Hall–Kier alpha value is -2.03. The van der Waals surface area contributed by atoms with Crippen molar-refractivity contribution < 1.29 is 4.74 Å². The second-order valence-electron chi connectivity index (χ2n) is 6.38. The summed E-state index contributed by atoms with van der Waals surface area (Å²) in [5, 5.41) is 0. The van der Waals surface area contributed by atoms with Crippen molar-refractivity contribution in [2.24, 2.45) is 0 Å². The largest absolute Gasteiger partial charge is 0.496 e. The lowest BCUT2D eigenvalue weighted by Crippen LogP contribution is -2.21. The molecule has 0 saturated heterocycles. The summed E-state index contributed by atoms with van der Waals surface area (Å²) in [6.07, 6.45) is 4.06. The maximum absolute atomic E-state index is 12.3. The van der Waals surface area contributed by atoms with Crippen molar-refractivity contribution in [1.82, 2.24) is 4.57 Å². The molecule has 1 aromatic heterocycles. The average Bonchev–Trinajstić information content (AvgIpc) is 2.55. The first kappa shape index (κ1) is 17.3. The normalized spacial score (nSPS) is 11.0. The lowest BCUT2D eigenvalue weighted by atomic mass is 9.97. The Morgan fingerprint density at radius 1 is 1.17 bits per heavy atom. The molecule has 0 aliphatic rings. The van der Waals surface area contributed by atoms with E-state index in [2.05, 4.69) is 39.0 Å². The van der Waals surface area contributed by atoms with Gasteiger partial charge >= 0.3 is 0 Å². The number of nitrogens with zero attached hydrogens (tertiary/aromatic N) is 1. The molecular formula is C20H27NO2. The summed E-state index contributed by atoms with van der Waals surface area (Å²) in [6.45, 7) is 9.11. The minimum absolute atomic E-state index is 0.105. The summed E-state index contributed by atoms with van der Waals surface area (Å²) in [4.78, 5) is 12.3. The first-order chi connectivity index (χ1) is 11.0. The molecular weight excluding hydrogens is 286 g/mol. The van der Waals surface area contributed by atoms with E-state index in [0.29, 0.717) is 5.92 Å². The van der Waals surface area contributed by atoms with Gasteiger partial charge in [-0.05, 0) is 48.1 Å². The zero-order valence-corrected chi connectivity index (χ0v) is 14.8. The van der Waals surface area contributed by atoms with Crippen LogP contribution in [0, 0.1) is 6.92 Å². The average molecular weight is 313 g/mol. The third kappa shape index (κ3) is 3.84. The summed E-state index contributed by atoms with van der Waals surface area (Å²) in [5.74, 6) is 1.32. The molecule has 0 N–H and O–H groups in total. The minimum Gasteiger partial charge on any atom is -0.496 e. The Morgan fingerprint density at radius 3 is 2.52 bits per heavy atom. The lowest BCUT2D eigenvalue weighted by molar-refractivity contribution is 0.408. The van der Waals surface area contributed by atoms with Crippen molar-refractivity contribution >= 4 is 0 Å². The van der Waals surface area contributed by atoms with E-state index in [0.717, 1.165) is 41.8 Å². The Balaban J connectivity index is 2.49. The van der Waals surface area contributed by atoms with E-state index < -0.39 is 0 Å². The number of hydrogen-bond acceptors (Lipinski definition) is 2. The smallest absolute Gasteiger partial charge is 0.253 e. The number of aryl methyl sites for hydroxylation is 2. The predicted molar refractivity (Wildman–Crippen MR) is 96.4 cm³/mol. The molecule has 124 valence electrons. The van der Waals surface area contributed by atoms with Crippen molar-refractivity contribution in [1.29, 1.82) is 0 Å². The second-order valence-corrected chi connectivity index (χ2v) is 6.38. The molecule has 0 bridgehead atoms. The molecule has 3 heteroatoms. The van der Waals surface area contributed by atoms with Crippen LogP contribution in [0.2, 0.25) is 0 Å². The van der Waals surface area contributed by atoms with Gasteiger partial charge in [0.05, 0.1) is 7.11 Å². The van der Waals surface area contributed by atoms with Crippen LogP contribution in [-0.4, -0.2) is 11.7 Å². The van der Waals surface area contributed by atoms with Crippen LogP contribution in [0.4, 0.5) is 0 Å². The van der Waals surface area contributed by atoms with Crippen molar-refractivity contribution in [3.8, 4) is 16.9 Å². The van der Waals surface area contributed by atoms with E-state index in [1.54, 1.807) is 7.11 Å². The fourth-order valence-electron chi connectivity index (χ4n) is 2.81. The monoisotopic (exact) mass is 313 g/mol. The van der Waals surface area contributed by atoms with Gasteiger partial charge < -0.3 is 9.30 Å². The van der Waals surface area contributed by atoms with Crippen LogP contribution in [0.25, 0.3) is 11.1 Å². The highest BCUT2D eigenvalue weighted by molar-refractivity contribution is 5.66. The van der Waals surface area contributed by atoms with Gasteiger partial charge in [0.2, 0.25) is 0 Å². The highest BCUT2D eigenvalue weighted by atomic mass is 16.5. The molecule has 0 spiro atoms. The molecule has 2 aromatic rings. The number of rotatable bonds is 6. The van der Waals surface area contributed by atoms with Crippen LogP contribution in [0.1, 0.15) is 50.7 Å². The van der Waals surface area contributed by atoms with E-state index in [1.807, 2.05) is 23.8 Å². The molecule has 2 rings (SSSR count). The van der Waals surface area contributed by atoms with Crippen LogP contribution < -0.4 is 10.3 Å². The predicted octanol–water partition coefficient (Wildman–Crippen LogP) is 4.76. The lowest BCUT2D eigenvalue weighted by Gasteiger charge is -2.15. The fraction of sp³-hybridized carbons (Fsp3) is 0.450. The molecule has 1 aromatic carbocycles. The maximum Gasteiger partial charge on any atom is 0.253 e. The zero-order valence-electron chi connectivity index (χ0n) is 14.8. The number of aromatic nitrogens is 1. The summed E-state index contributed by atoms with van der Waals surface area (Å²) in [6, 6.07) is 8.27. The van der Waals surface area contributed by atoms with Gasteiger partial charge in [-0.1, -0.05) is 39.3 Å². The molecule has 23 heavy (non-hydrogen) atoms. The third-order valence-electron chi connectivity index (χ3n) is 4.21. The molecule has 0 fully saturated rings. The van der Waals surface area contributed by atoms with Crippen LogP contribution in [0.5, 0.6) is 5.75 Å². The van der Waals surface area contributed by atoms with Crippen LogP contribution >= 0.6 is 0 Å². The van der Waals surface area contributed by atoms with Crippen molar-refractivity contribution in [2.45, 2.75) is 53.0 Å².